The number of hydrogen-bond acceptors (Lipinski definition) is 5. The van der Waals surface area contributed by atoms with Crippen LogP contribution in [0.2, 0.25) is 0 Å². The minimum Gasteiger partial charge on any atom is -0.409 e. The normalized spacial score (nSPS) is 13.0. The zero-order valence-corrected chi connectivity index (χ0v) is 7.82. The van der Waals surface area contributed by atoms with Crippen LogP contribution in [0.25, 0.3) is 0 Å². The molecular formula is C5H9N5O3S. The quantitative estimate of drug-likeness (QED) is 0.210. The standard InChI is InChI=1S/C5H9N5O3S/c6-5(10-11)3-9-14(12,13)4-1-7-8-2-4/h1-2,9,11H,3H2,(H2,6,10)(H,7,8). The Kier molecular flexibility index (Phi) is 3.04. The lowest BCUT2D eigenvalue weighted by Gasteiger charge is -2.02. The second kappa shape index (κ2) is 4.07. The number of aromatic nitrogens is 2. The molecule has 14 heavy (non-hydrogen) atoms. The minimum absolute atomic E-state index is 0.0109. The SMILES string of the molecule is N/C(CNS(=O)(=O)c1cn[nH]c1)=N\O. The fourth-order valence-electron chi connectivity index (χ4n) is 0.674. The van der Waals surface area contributed by atoms with Gasteiger partial charge in [-0.05, 0) is 0 Å². The van der Waals surface area contributed by atoms with E-state index in [1.807, 2.05) is 0 Å². The number of nitrogens with two attached hydrogens (primary N) is 1. The number of oxime groups is 1. The van der Waals surface area contributed by atoms with Crippen molar-refractivity contribution in [3.05, 3.63) is 12.4 Å². The predicted octanol–water partition coefficient (Wildman–Crippen LogP) is -1.57. The van der Waals surface area contributed by atoms with Crippen molar-refractivity contribution in [2.75, 3.05) is 6.54 Å². The third-order valence-corrected chi connectivity index (χ3v) is 2.72. The molecule has 0 aromatic carbocycles. The van der Waals surface area contributed by atoms with E-state index in [1.165, 1.54) is 6.20 Å². The Balaban J connectivity index is 2.70. The predicted molar refractivity (Wildman–Crippen MR) is 47.2 cm³/mol. The third kappa shape index (κ3) is 2.44. The number of amidine groups is 1. The Labute approximate surface area is 79.9 Å². The lowest BCUT2D eigenvalue weighted by molar-refractivity contribution is 0.317. The average Bonchev–Trinajstić information content (AvgIpc) is 2.67. The number of nitrogens with one attached hydrogen (secondary N) is 2. The van der Waals surface area contributed by atoms with Gasteiger partial charge in [0.05, 0.1) is 12.7 Å². The summed E-state index contributed by atoms with van der Waals surface area (Å²) in [5.74, 6) is -0.225. The summed E-state index contributed by atoms with van der Waals surface area (Å²) in [6, 6.07) is 0. The van der Waals surface area contributed by atoms with Crippen LogP contribution in [-0.2, 0) is 10.0 Å². The molecule has 0 spiro atoms. The molecule has 1 rings (SSSR count). The Hall–Kier alpha value is -1.61. The van der Waals surface area contributed by atoms with E-state index >= 15 is 0 Å². The van der Waals surface area contributed by atoms with Gasteiger partial charge in [-0.1, -0.05) is 5.16 Å². The van der Waals surface area contributed by atoms with Gasteiger partial charge < -0.3 is 10.9 Å². The number of H-pyrrole nitrogens is 1. The summed E-state index contributed by atoms with van der Waals surface area (Å²) in [5.41, 5.74) is 5.08. The molecule has 8 nitrogen and oxygen atoms in total. The van der Waals surface area contributed by atoms with Crippen LogP contribution >= 0.6 is 0 Å². The second-order valence-electron chi connectivity index (χ2n) is 2.35. The summed E-state index contributed by atoms with van der Waals surface area (Å²) in [4.78, 5) is -0.0109. The number of sulfonamides is 1. The van der Waals surface area contributed by atoms with Crippen molar-refractivity contribution in [3.63, 3.8) is 0 Å². The molecule has 0 saturated carbocycles. The van der Waals surface area contributed by atoms with Crippen molar-refractivity contribution in [1.29, 1.82) is 0 Å². The van der Waals surface area contributed by atoms with E-state index in [9.17, 15) is 8.42 Å². The molecule has 0 bridgehead atoms. The van der Waals surface area contributed by atoms with Gasteiger partial charge >= 0.3 is 0 Å². The first-order valence-corrected chi connectivity index (χ1v) is 4.99. The van der Waals surface area contributed by atoms with Crippen LogP contribution in [0.5, 0.6) is 0 Å². The van der Waals surface area contributed by atoms with Crippen LogP contribution < -0.4 is 10.5 Å². The second-order valence-corrected chi connectivity index (χ2v) is 4.12. The van der Waals surface area contributed by atoms with Crippen molar-refractivity contribution in [1.82, 2.24) is 14.9 Å². The van der Waals surface area contributed by atoms with Crippen molar-refractivity contribution >= 4 is 15.9 Å². The third-order valence-electron chi connectivity index (χ3n) is 1.36. The first-order valence-electron chi connectivity index (χ1n) is 3.51. The maximum Gasteiger partial charge on any atom is 0.244 e. The van der Waals surface area contributed by atoms with Gasteiger partial charge in [-0.2, -0.15) is 5.10 Å². The molecule has 0 aliphatic carbocycles. The lowest BCUT2D eigenvalue weighted by Crippen LogP contribution is -2.33. The van der Waals surface area contributed by atoms with Gasteiger partial charge in [-0.15, -0.1) is 0 Å². The van der Waals surface area contributed by atoms with Crippen LogP contribution in [0, 0.1) is 0 Å². The van der Waals surface area contributed by atoms with Gasteiger partial charge in [-0.25, -0.2) is 13.1 Å². The van der Waals surface area contributed by atoms with E-state index in [0.717, 1.165) is 6.20 Å². The summed E-state index contributed by atoms with van der Waals surface area (Å²) in [6.45, 7) is -0.260. The van der Waals surface area contributed by atoms with E-state index in [-0.39, 0.29) is 17.3 Å². The molecule has 1 heterocycles. The van der Waals surface area contributed by atoms with Crippen LogP contribution in [0.4, 0.5) is 0 Å². The molecule has 0 amide bonds. The molecule has 0 atom stereocenters. The zero-order chi connectivity index (χ0) is 10.6. The van der Waals surface area contributed by atoms with Crippen LogP contribution in [0.3, 0.4) is 0 Å². The van der Waals surface area contributed by atoms with Gasteiger partial charge in [0.1, 0.15) is 4.90 Å². The van der Waals surface area contributed by atoms with Crippen LogP contribution in [0.1, 0.15) is 0 Å². The Morgan fingerprint density at radius 1 is 1.79 bits per heavy atom. The molecule has 1 aromatic heterocycles. The summed E-state index contributed by atoms with van der Waals surface area (Å²) in [7, 11) is -3.64. The highest BCUT2D eigenvalue weighted by atomic mass is 32.2. The van der Waals surface area contributed by atoms with Gasteiger partial charge in [0.2, 0.25) is 10.0 Å². The van der Waals surface area contributed by atoms with Crippen LogP contribution in [-0.4, -0.2) is 36.2 Å². The van der Waals surface area contributed by atoms with E-state index in [1.54, 1.807) is 0 Å². The van der Waals surface area contributed by atoms with E-state index < -0.39 is 10.0 Å². The molecule has 0 aliphatic rings. The smallest absolute Gasteiger partial charge is 0.244 e. The van der Waals surface area contributed by atoms with Gasteiger partial charge in [0.15, 0.2) is 5.84 Å². The molecule has 1 aromatic rings. The van der Waals surface area contributed by atoms with Crippen molar-refractivity contribution in [2.45, 2.75) is 4.90 Å². The van der Waals surface area contributed by atoms with Gasteiger partial charge in [0, 0.05) is 6.20 Å². The fourth-order valence-corrected chi connectivity index (χ4v) is 1.58. The number of aromatic amines is 1. The molecular weight excluding hydrogens is 210 g/mol. The molecule has 0 fully saturated rings. The molecule has 0 unspecified atom stereocenters. The first kappa shape index (κ1) is 10.5. The van der Waals surface area contributed by atoms with E-state index in [2.05, 4.69) is 20.1 Å². The molecule has 0 saturated heterocycles. The Morgan fingerprint density at radius 2 is 2.50 bits per heavy atom. The maximum atomic E-state index is 11.4. The largest absolute Gasteiger partial charge is 0.409 e. The molecule has 0 radical (unpaired) electrons. The lowest BCUT2D eigenvalue weighted by atomic mass is 10.6. The van der Waals surface area contributed by atoms with Crippen molar-refractivity contribution in [3.8, 4) is 0 Å². The highest BCUT2D eigenvalue weighted by molar-refractivity contribution is 7.89. The number of hydrogen-bond donors (Lipinski definition) is 4. The number of rotatable bonds is 4. The number of nitrogens with zero attached hydrogens (tertiary/aromatic N) is 2. The topological polar surface area (TPSA) is 133 Å². The van der Waals surface area contributed by atoms with E-state index in [0.29, 0.717) is 0 Å². The monoisotopic (exact) mass is 219 g/mol. The molecule has 78 valence electrons. The van der Waals surface area contributed by atoms with Crippen LogP contribution in [0.15, 0.2) is 22.4 Å². The Bertz CT molecular complexity index is 409. The van der Waals surface area contributed by atoms with Gasteiger partial charge in [0.25, 0.3) is 0 Å². The van der Waals surface area contributed by atoms with Crippen molar-refractivity contribution < 1.29 is 13.6 Å². The van der Waals surface area contributed by atoms with E-state index in [4.69, 9.17) is 10.9 Å². The molecule has 9 heteroatoms. The Morgan fingerprint density at radius 3 is 3.00 bits per heavy atom. The van der Waals surface area contributed by atoms with Gasteiger partial charge in [-0.3, -0.25) is 5.10 Å². The minimum atomic E-state index is -3.64. The average molecular weight is 219 g/mol. The maximum absolute atomic E-state index is 11.4. The molecule has 5 N–H and O–H groups in total. The summed E-state index contributed by atoms with van der Waals surface area (Å²) in [6.07, 6.45) is 2.36. The first-order chi connectivity index (χ1) is 6.56. The van der Waals surface area contributed by atoms with Crippen molar-refractivity contribution in [2.24, 2.45) is 10.9 Å². The summed E-state index contributed by atoms with van der Waals surface area (Å²) in [5, 5.41) is 16.6. The zero-order valence-electron chi connectivity index (χ0n) is 7.01. The molecule has 0 aliphatic heterocycles. The summed E-state index contributed by atoms with van der Waals surface area (Å²) >= 11 is 0. The highest BCUT2D eigenvalue weighted by Gasteiger charge is 2.14. The highest BCUT2D eigenvalue weighted by Crippen LogP contribution is 2.02. The fraction of sp³-hybridized carbons (Fsp3) is 0.200. The summed E-state index contributed by atoms with van der Waals surface area (Å²) < 4.78 is 24.8.